The predicted octanol–water partition coefficient (Wildman–Crippen LogP) is 2.57. The number of anilines is 2. The van der Waals surface area contributed by atoms with Gasteiger partial charge in [-0.3, -0.25) is 15.0 Å². The van der Waals surface area contributed by atoms with E-state index in [2.05, 4.69) is 5.32 Å². The second-order valence-electron chi connectivity index (χ2n) is 8.90. The number of nitrogens with one attached hydrogen (secondary N) is 1. The van der Waals surface area contributed by atoms with Gasteiger partial charge in [-0.1, -0.05) is 42.5 Å². The van der Waals surface area contributed by atoms with Crippen molar-refractivity contribution in [1.82, 2.24) is 4.90 Å². The van der Waals surface area contributed by atoms with Gasteiger partial charge in [-0.15, -0.1) is 0 Å². The molecule has 1 aliphatic rings. The first-order chi connectivity index (χ1) is 16.8. The number of likely N-dealkylation sites (tertiary alicyclic amines) is 1. The van der Waals surface area contributed by atoms with Crippen molar-refractivity contribution in [3.05, 3.63) is 88.0 Å². The molecular formula is C26H29N3O6. The molecule has 35 heavy (non-hydrogen) atoms. The van der Waals surface area contributed by atoms with Gasteiger partial charge in [0.05, 0.1) is 23.7 Å². The van der Waals surface area contributed by atoms with Gasteiger partial charge in [-0.25, -0.2) is 0 Å². The lowest BCUT2D eigenvalue weighted by molar-refractivity contribution is -0.384. The van der Waals surface area contributed by atoms with E-state index in [1.807, 2.05) is 61.5 Å². The molecule has 9 heteroatoms. The molecule has 0 aromatic heterocycles. The maximum Gasteiger partial charge on any atom is 0.292 e. The predicted molar refractivity (Wildman–Crippen MR) is 132 cm³/mol. The Kier molecular flexibility index (Phi) is 7.44. The van der Waals surface area contributed by atoms with Gasteiger partial charge in [0.15, 0.2) is 0 Å². The molecule has 1 fully saturated rings. The van der Waals surface area contributed by atoms with Crippen LogP contribution in [0.3, 0.4) is 0 Å². The standard InChI is InChI=1S/C26H29N3O6/c1-16-2-11-21(22(12-16)29(34)35)27-20-9-7-19(8-10-20)18-5-3-17(4-6-18)13-28-14-24(31)26(33)25(32)23(28)15-30/h2-12,23-27,30-33H,13-15H2,1H3/t23-,24+,25-,26-/m1/s1. The molecule has 3 aromatic rings. The fourth-order valence-electron chi connectivity index (χ4n) is 4.40. The topological polar surface area (TPSA) is 139 Å². The first kappa shape index (κ1) is 24.8. The van der Waals surface area contributed by atoms with Gasteiger partial charge < -0.3 is 25.7 Å². The van der Waals surface area contributed by atoms with E-state index in [1.54, 1.807) is 11.0 Å². The summed E-state index contributed by atoms with van der Waals surface area (Å²) in [5, 5.41) is 54.1. The molecule has 0 radical (unpaired) electrons. The third kappa shape index (κ3) is 5.50. The van der Waals surface area contributed by atoms with Crippen LogP contribution >= 0.6 is 0 Å². The average molecular weight is 480 g/mol. The molecule has 5 N–H and O–H groups in total. The van der Waals surface area contributed by atoms with Crippen molar-refractivity contribution in [2.75, 3.05) is 18.5 Å². The Morgan fingerprint density at radius 2 is 1.60 bits per heavy atom. The van der Waals surface area contributed by atoms with Gasteiger partial charge in [-0.2, -0.15) is 0 Å². The van der Waals surface area contributed by atoms with Crippen LogP contribution in [0.2, 0.25) is 0 Å². The number of hydrogen-bond donors (Lipinski definition) is 5. The Hall–Kier alpha value is -3.34. The van der Waals surface area contributed by atoms with E-state index in [-0.39, 0.29) is 18.8 Å². The molecule has 0 bridgehead atoms. The molecule has 1 saturated heterocycles. The minimum atomic E-state index is -1.28. The van der Waals surface area contributed by atoms with E-state index in [1.165, 1.54) is 6.07 Å². The summed E-state index contributed by atoms with van der Waals surface area (Å²) < 4.78 is 0. The molecular weight excluding hydrogens is 450 g/mol. The number of β-amino-alcohol motifs (C(OH)–C–C–N with tert-alkyl or cyclic N) is 1. The summed E-state index contributed by atoms with van der Waals surface area (Å²) in [7, 11) is 0. The number of hydrogen-bond acceptors (Lipinski definition) is 8. The summed E-state index contributed by atoms with van der Waals surface area (Å²) in [6.45, 7) is 2.05. The second kappa shape index (κ2) is 10.5. The Morgan fingerprint density at radius 3 is 2.20 bits per heavy atom. The van der Waals surface area contributed by atoms with E-state index in [4.69, 9.17) is 0 Å². The van der Waals surface area contributed by atoms with Gasteiger partial charge in [0, 0.05) is 24.8 Å². The Labute approximate surface area is 203 Å². The van der Waals surface area contributed by atoms with Crippen molar-refractivity contribution < 1.29 is 25.3 Å². The number of benzene rings is 3. The Bertz CT molecular complexity index is 1170. The number of rotatable bonds is 7. The van der Waals surface area contributed by atoms with Gasteiger partial charge >= 0.3 is 0 Å². The minimum Gasteiger partial charge on any atom is -0.395 e. The molecule has 184 valence electrons. The van der Waals surface area contributed by atoms with Crippen LogP contribution in [-0.4, -0.2) is 67.8 Å². The second-order valence-corrected chi connectivity index (χ2v) is 8.90. The van der Waals surface area contributed by atoms with Crippen molar-refractivity contribution in [3.63, 3.8) is 0 Å². The van der Waals surface area contributed by atoms with Crippen LogP contribution in [0, 0.1) is 17.0 Å². The quantitative estimate of drug-likeness (QED) is 0.257. The molecule has 0 amide bonds. The van der Waals surface area contributed by atoms with E-state index in [9.17, 15) is 30.5 Å². The van der Waals surface area contributed by atoms with Gasteiger partial charge in [0.2, 0.25) is 0 Å². The fraction of sp³-hybridized carbons (Fsp3) is 0.308. The fourth-order valence-corrected chi connectivity index (χ4v) is 4.40. The summed E-state index contributed by atoms with van der Waals surface area (Å²) >= 11 is 0. The SMILES string of the molecule is Cc1ccc(Nc2ccc(-c3ccc(CN4C[C@H](O)[C@@H](O)[C@H](O)[C@H]4CO)cc3)cc2)c([N+](=O)[O-])c1. The van der Waals surface area contributed by atoms with Gasteiger partial charge in [0.25, 0.3) is 5.69 Å². The van der Waals surface area contributed by atoms with E-state index in [0.29, 0.717) is 12.2 Å². The highest BCUT2D eigenvalue weighted by Crippen LogP contribution is 2.30. The third-order valence-electron chi connectivity index (χ3n) is 6.40. The number of aliphatic hydroxyl groups excluding tert-OH is 4. The first-order valence-electron chi connectivity index (χ1n) is 11.4. The largest absolute Gasteiger partial charge is 0.395 e. The molecule has 3 aromatic carbocycles. The molecule has 4 rings (SSSR count). The number of aryl methyl sites for hydroxylation is 1. The highest BCUT2D eigenvalue weighted by atomic mass is 16.6. The minimum absolute atomic E-state index is 0.0244. The highest BCUT2D eigenvalue weighted by Gasteiger charge is 2.40. The number of nitrogens with zero attached hydrogens (tertiary/aromatic N) is 2. The summed E-state index contributed by atoms with van der Waals surface area (Å²) in [4.78, 5) is 12.7. The van der Waals surface area contributed by atoms with Crippen LogP contribution in [0.1, 0.15) is 11.1 Å². The normalized spacial score (nSPS) is 22.7. The van der Waals surface area contributed by atoms with Crippen molar-refractivity contribution in [1.29, 1.82) is 0 Å². The summed E-state index contributed by atoms with van der Waals surface area (Å²) in [6, 6.07) is 19.8. The molecule has 0 unspecified atom stereocenters. The first-order valence-corrected chi connectivity index (χ1v) is 11.4. The molecule has 9 nitrogen and oxygen atoms in total. The number of piperidine rings is 1. The lowest BCUT2D eigenvalue weighted by Crippen LogP contribution is -2.62. The van der Waals surface area contributed by atoms with Crippen molar-refractivity contribution >= 4 is 17.1 Å². The van der Waals surface area contributed by atoms with Gasteiger partial charge in [-0.05, 0) is 47.4 Å². The molecule has 0 saturated carbocycles. The maximum absolute atomic E-state index is 11.4. The number of nitro groups is 1. The molecule has 4 atom stereocenters. The number of nitro benzene ring substituents is 1. The zero-order chi connectivity index (χ0) is 25.1. The summed E-state index contributed by atoms with van der Waals surface area (Å²) in [5.74, 6) is 0. The van der Waals surface area contributed by atoms with E-state index >= 15 is 0 Å². The van der Waals surface area contributed by atoms with Crippen LogP contribution in [0.25, 0.3) is 11.1 Å². The lowest BCUT2D eigenvalue weighted by atomic mass is 9.93. The Morgan fingerprint density at radius 1 is 0.971 bits per heavy atom. The lowest BCUT2D eigenvalue weighted by Gasteiger charge is -2.43. The highest BCUT2D eigenvalue weighted by molar-refractivity contribution is 5.72. The third-order valence-corrected chi connectivity index (χ3v) is 6.40. The average Bonchev–Trinajstić information content (AvgIpc) is 2.85. The van der Waals surface area contributed by atoms with Crippen LogP contribution < -0.4 is 5.32 Å². The van der Waals surface area contributed by atoms with Crippen LogP contribution in [-0.2, 0) is 6.54 Å². The Balaban J connectivity index is 1.44. The zero-order valence-corrected chi connectivity index (χ0v) is 19.3. The maximum atomic E-state index is 11.4. The van der Waals surface area contributed by atoms with Crippen LogP contribution in [0.5, 0.6) is 0 Å². The monoisotopic (exact) mass is 479 g/mol. The van der Waals surface area contributed by atoms with E-state index in [0.717, 1.165) is 27.9 Å². The molecule has 1 aliphatic heterocycles. The molecule has 0 spiro atoms. The van der Waals surface area contributed by atoms with Crippen LogP contribution in [0.4, 0.5) is 17.1 Å². The summed E-state index contributed by atoms with van der Waals surface area (Å²) in [5.41, 5.74) is 4.90. The molecule has 0 aliphatic carbocycles. The van der Waals surface area contributed by atoms with E-state index < -0.39 is 29.3 Å². The number of aliphatic hydroxyl groups is 4. The summed E-state index contributed by atoms with van der Waals surface area (Å²) in [6.07, 6.45) is -3.59. The molecule has 1 heterocycles. The van der Waals surface area contributed by atoms with Gasteiger partial charge in [0.1, 0.15) is 17.9 Å². The van der Waals surface area contributed by atoms with Crippen molar-refractivity contribution in [3.8, 4) is 11.1 Å². The zero-order valence-electron chi connectivity index (χ0n) is 19.3. The smallest absolute Gasteiger partial charge is 0.292 e. The van der Waals surface area contributed by atoms with Crippen molar-refractivity contribution in [2.24, 2.45) is 0 Å². The van der Waals surface area contributed by atoms with Crippen LogP contribution in [0.15, 0.2) is 66.7 Å². The van der Waals surface area contributed by atoms with Crippen molar-refractivity contribution in [2.45, 2.75) is 37.8 Å².